The molecule has 0 aliphatic carbocycles. The molecule has 0 unspecified atom stereocenters. The average molecular weight is 447 g/mol. The molecule has 2 aromatic carbocycles. The van der Waals surface area contributed by atoms with Crippen molar-refractivity contribution in [2.75, 3.05) is 0 Å². The Hall–Kier alpha value is -2.87. The summed E-state index contributed by atoms with van der Waals surface area (Å²) in [6, 6.07) is 14.6. The van der Waals surface area contributed by atoms with Crippen LogP contribution in [-0.2, 0) is 19.6 Å². The van der Waals surface area contributed by atoms with Gasteiger partial charge in [0, 0.05) is 0 Å². The molecule has 2 amide bonds. The topological polar surface area (TPSA) is 102 Å². The molecule has 0 spiro atoms. The zero-order valence-corrected chi connectivity index (χ0v) is 19.3. The molecule has 8 heteroatoms. The van der Waals surface area contributed by atoms with Crippen LogP contribution in [0.3, 0.4) is 0 Å². The van der Waals surface area contributed by atoms with Crippen molar-refractivity contribution in [2.45, 2.75) is 57.6 Å². The SMILES string of the molecule is CC(C)C[C@H](NC(=O)OC(C)(C)C)C(=O)NS(=O)(=O)c1cccc(-c2ccccc2)c1. The van der Waals surface area contributed by atoms with Crippen molar-refractivity contribution in [2.24, 2.45) is 5.92 Å². The molecule has 0 saturated carbocycles. The predicted molar refractivity (Wildman–Crippen MR) is 120 cm³/mol. The van der Waals surface area contributed by atoms with E-state index < -0.39 is 33.7 Å². The predicted octanol–water partition coefficient (Wildman–Crippen LogP) is 4.10. The number of rotatable bonds is 7. The first kappa shape index (κ1) is 24.4. The Morgan fingerprint density at radius 1 is 0.968 bits per heavy atom. The van der Waals surface area contributed by atoms with Gasteiger partial charge in [-0.2, -0.15) is 0 Å². The molecule has 2 rings (SSSR count). The first-order valence-electron chi connectivity index (χ1n) is 10.1. The van der Waals surface area contributed by atoms with E-state index in [0.29, 0.717) is 5.56 Å². The number of hydrogen-bond acceptors (Lipinski definition) is 5. The van der Waals surface area contributed by atoms with Crippen molar-refractivity contribution in [1.82, 2.24) is 10.0 Å². The van der Waals surface area contributed by atoms with Gasteiger partial charge in [-0.3, -0.25) is 4.79 Å². The Bertz CT molecular complexity index is 1010. The van der Waals surface area contributed by atoms with E-state index >= 15 is 0 Å². The van der Waals surface area contributed by atoms with Crippen LogP contribution in [0.5, 0.6) is 0 Å². The summed E-state index contributed by atoms with van der Waals surface area (Å²) >= 11 is 0. The highest BCUT2D eigenvalue weighted by molar-refractivity contribution is 7.90. The van der Waals surface area contributed by atoms with Crippen molar-refractivity contribution in [1.29, 1.82) is 0 Å². The van der Waals surface area contributed by atoms with Gasteiger partial charge >= 0.3 is 6.09 Å². The van der Waals surface area contributed by atoms with Gasteiger partial charge in [0.05, 0.1) is 4.90 Å². The van der Waals surface area contributed by atoms with E-state index in [1.54, 1.807) is 32.9 Å². The molecule has 0 saturated heterocycles. The van der Waals surface area contributed by atoms with Crippen LogP contribution in [0, 0.1) is 5.92 Å². The standard InChI is InChI=1S/C23H30N2O5S/c1-16(2)14-20(24-22(27)30-23(3,4)5)21(26)25-31(28,29)19-13-9-12-18(15-19)17-10-7-6-8-11-17/h6-13,15-16,20H,14H2,1-5H3,(H,24,27)(H,25,26)/t20-/m0/s1. The number of amides is 2. The van der Waals surface area contributed by atoms with Crippen LogP contribution >= 0.6 is 0 Å². The highest BCUT2D eigenvalue weighted by Gasteiger charge is 2.28. The van der Waals surface area contributed by atoms with Crippen molar-refractivity contribution in [3.05, 3.63) is 54.6 Å². The minimum absolute atomic E-state index is 0.0369. The van der Waals surface area contributed by atoms with E-state index in [9.17, 15) is 18.0 Å². The van der Waals surface area contributed by atoms with Gasteiger partial charge in [0.15, 0.2) is 0 Å². The molecule has 0 aliphatic heterocycles. The molecule has 2 N–H and O–H groups in total. The van der Waals surface area contributed by atoms with Crippen LogP contribution in [0.2, 0.25) is 0 Å². The largest absolute Gasteiger partial charge is 0.444 e. The van der Waals surface area contributed by atoms with Crippen LogP contribution in [0.25, 0.3) is 11.1 Å². The Kier molecular flexibility index (Phi) is 7.84. The fourth-order valence-electron chi connectivity index (χ4n) is 2.89. The van der Waals surface area contributed by atoms with Gasteiger partial charge in [0.2, 0.25) is 0 Å². The van der Waals surface area contributed by atoms with Crippen molar-refractivity contribution in [3.8, 4) is 11.1 Å². The molecule has 0 aromatic heterocycles. The van der Waals surface area contributed by atoms with Crippen LogP contribution in [0.15, 0.2) is 59.5 Å². The van der Waals surface area contributed by atoms with E-state index in [1.807, 2.05) is 44.2 Å². The van der Waals surface area contributed by atoms with E-state index in [4.69, 9.17) is 4.74 Å². The van der Waals surface area contributed by atoms with Crippen LogP contribution in [0.1, 0.15) is 41.0 Å². The third-order valence-electron chi connectivity index (χ3n) is 4.20. The Balaban J connectivity index is 2.21. The van der Waals surface area contributed by atoms with Gasteiger partial charge in [0.25, 0.3) is 15.9 Å². The number of nitrogens with one attached hydrogen (secondary N) is 2. The maximum absolute atomic E-state index is 12.9. The first-order valence-corrected chi connectivity index (χ1v) is 11.6. The number of ether oxygens (including phenoxy) is 1. The van der Waals surface area contributed by atoms with Crippen molar-refractivity contribution >= 4 is 22.0 Å². The summed E-state index contributed by atoms with van der Waals surface area (Å²) in [5.74, 6) is -0.778. The molecule has 168 valence electrons. The van der Waals surface area contributed by atoms with Gasteiger partial charge in [0.1, 0.15) is 11.6 Å². The van der Waals surface area contributed by atoms with Gasteiger partial charge in [-0.25, -0.2) is 17.9 Å². The second-order valence-electron chi connectivity index (χ2n) is 8.69. The molecular formula is C23H30N2O5S. The van der Waals surface area contributed by atoms with E-state index in [1.165, 1.54) is 12.1 Å². The fourth-order valence-corrected chi connectivity index (χ4v) is 3.95. The second kappa shape index (κ2) is 9.96. The Morgan fingerprint density at radius 3 is 2.16 bits per heavy atom. The van der Waals surface area contributed by atoms with Crippen LogP contribution in [0.4, 0.5) is 4.79 Å². The quantitative estimate of drug-likeness (QED) is 0.667. The third-order valence-corrected chi connectivity index (χ3v) is 5.55. The molecular weight excluding hydrogens is 416 g/mol. The summed E-state index contributed by atoms with van der Waals surface area (Å²) in [4.78, 5) is 24.9. The lowest BCUT2D eigenvalue weighted by atomic mass is 10.0. The number of hydrogen-bond donors (Lipinski definition) is 2. The monoisotopic (exact) mass is 446 g/mol. The number of alkyl carbamates (subject to hydrolysis) is 1. The van der Waals surface area contributed by atoms with Gasteiger partial charge in [-0.1, -0.05) is 56.3 Å². The number of carbonyl (C=O) groups excluding carboxylic acids is 2. The van der Waals surface area contributed by atoms with E-state index in [0.717, 1.165) is 5.56 Å². The third kappa shape index (κ3) is 7.71. The molecule has 31 heavy (non-hydrogen) atoms. The minimum atomic E-state index is -4.13. The average Bonchev–Trinajstić information content (AvgIpc) is 2.66. The van der Waals surface area contributed by atoms with Crippen molar-refractivity contribution in [3.63, 3.8) is 0 Å². The molecule has 0 aliphatic rings. The molecule has 1 atom stereocenters. The minimum Gasteiger partial charge on any atom is -0.444 e. The maximum atomic E-state index is 12.9. The second-order valence-corrected chi connectivity index (χ2v) is 10.4. The summed E-state index contributed by atoms with van der Waals surface area (Å²) in [5, 5.41) is 2.48. The van der Waals surface area contributed by atoms with Gasteiger partial charge < -0.3 is 10.1 Å². The normalized spacial score (nSPS) is 12.8. The molecule has 7 nitrogen and oxygen atoms in total. The summed E-state index contributed by atoms with van der Waals surface area (Å²) < 4.78 is 33.0. The number of benzene rings is 2. The summed E-state index contributed by atoms with van der Waals surface area (Å²) in [6.45, 7) is 8.85. The number of carbonyl (C=O) groups is 2. The van der Waals surface area contributed by atoms with Gasteiger partial charge in [-0.15, -0.1) is 0 Å². The highest BCUT2D eigenvalue weighted by Crippen LogP contribution is 2.22. The molecule has 0 bridgehead atoms. The summed E-state index contributed by atoms with van der Waals surface area (Å²) in [6.07, 6.45) is -0.526. The molecule has 0 radical (unpaired) electrons. The lowest BCUT2D eigenvalue weighted by Crippen LogP contribution is -2.50. The molecule has 2 aromatic rings. The van der Waals surface area contributed by atoms with E-state index in [-0.39, 0.29) is 17.2 Å². The van der Waals surface area contributed by atoms with Crippen LogP contribution in [-0.4, -0.2) is 32.1 Å². The van der Waals surface area contributed by atoms with Crippen LogP contribution < -0.4 is 10.0 Å². The smallest absolute Gasteiger partial charge is 0.408 e. The summed E-state index contributed by atoms with van der Waals surface area (Å²) in [5.41, 5.74) is 0.823. The zero-order chi connectivity index (χ0) is 23.2. The molecule has 0 heterocycles. The molecule has 0 fully saturated rings. The fraction of sp³-hybridized carbons (Fsp3) is 0.391. The highest BCUT2D eigenvalue weighted by atomic mass is 32.2. The Morgan fingerprint density at radius 2 is 1.58 bits per heavy atom. The Labute approximate surface area is 184 Å². The number of sulfonamides is 1. The maximum Gasteiger partial charge on any atom is 0.408 e. The lowest BCUT2D eigenvalue weighted by molar-refractivity contribution is -0.121. The van der Waals surface area contributed by atoms with E-state index in [2.05, 4.69) is 10.0 Å². The first-order chi connectivity index (χ1) is 14.4. The zero-order valence-electron chi connectivity index (χ0n) is 18.5. The lowest BCUT2D eigenvalue weighted by Gasteiger charge is -2.24. The summed E-state index contributed by atoms with van der Waals surface area (Å²) in [7, 11) is -4.13. The van der Waals surface area contributed by atoms with Crippen molar-refractivity contribution < 1.29 is 22.7 Å². The van der Waals surface area contributed by atoms with Gasteiger partial charge in [-0.05, 0) is 56.4 Å².